The number of aromatic carboxylic acids is 1. The highest BCUT2D eigenvalue weighted by Crippen LogP contribution is 2.28. The van der Waals surface area contributed by atoms with Gasteiger partial charge in [0, 0.05) is 0 Å². The van der Waals surface area contributed by atoms with Crippen LogP contribution in [0.1, 0.15) is 45.9 Å². The Labute approximate surface area is 185 Å². The monoisotopic (exact) mass is 452 g/mol. The van der Waals surface area contributed by atoms with Crippen LogP contribution < -0.4 is 15.4 Å². The van der Waals surface area contributed by atoms with Crippen molar-refractivity contribution < 1.29 is 34.1 Å². The first-order chi connectivity index (χ1) is 14.7. The number of nitrogens with one attached hydrogen (secondary N) is 2. The number of aryl methyl sites for hydroxylation is 1. The van der Waals surface area contributed by atoms with E-state index in [2.05, 4.69) is 10.6 Å². The second-order valence-corrected chi connectivity index (χ2v) is 7.35. The average Bonchev–Trinajstić information content (AvgIpc) is 3.12. The minimum absolute atomic E-state index is 0.0671. The molecule has 0 saturated carbocycles. The van der Waals surface area contributed by atoms with Gasteiger partial charge >= 0.3 is 11.9 Å². The Morgan fingerprint density at radius 1 is 1.23 bits per heavy atom. The number of hydrogen-bond donors (Lipinski definition) is 4. The van der Waals surface area contributed by atoms with Crippen LogP contribution in [0.15, 0.2) is 23.6 Å². The minimum atomic E-state index is -1.05. The molecule has 0 aliphatic heterocycles. The third-order valence-corrected chi connectivity index (χ3v) is 5.19. The number of aromatic hydroxyl groups is 1. The highest BCUT2D eigenvalue weighted by molar-refractivity contribution is 7.12. The number of carboxylic acid groups (broad SMARTS) is 1. The standard InChI is InChI=1S/C13H20N2O3S.C8H8O4/c1-5-6-14-9(3)12(16)15-10-8(2)7-19-11(10)13(17)18-4;1-12-7-4-5(8(10)11)2-3-6(7)9/h7,9,14H,5-6H2,1-4H3,(H,15,16);2-4,9H,1H3,(H,10,11). The van der Waals surface area contributed by atoms with Gasteiger partial charge in [-0.15, -0.1) is 11.3 Å². The van der Waals surface area contributed by atoms with Crippen LogP contribution in [0.2, 0.25) is 0 Å². The number of phenolic OH excluding ortho intramolecular Hbond substituents is 1. The van der Waals surface area contributed by atoms with Crippen molar-refractivity contribution in [2.45, 2.75) is 33.2 Å². The number of hydrogen-bond acceptors (Lipinski definition) is 8. The highest BCUT2D eigenvalue weighted by atomic mass is 32.1. The van der Waals surface area contributed by atoms with Gasteiger partial charge in [0.2, 0.25) is 5.91 Å². The lowest BCUT2D eigenvalue weighted by atomic mass is 10.2. The van der Waals surface area contributed by atoms with Crippen molar-refractivity contribution in [1.29, 1.82) is 0 Å². The van der Waals surface area contributed by atoms with Crippen molar-refractivity contribution in [3.63, 3.8) is 0 Å². The molecule has 1 aromatic carbocycles. The summed E-state index contributed by atoms with van der Waals surface area (Å²) >= 11 is 1.27. The van der Waals surface area contributed by atoms with Crippen LogP contribution in [0.3, 0.4) is 0 Å². The smallest absolute Gasteiger partial charge is 0.350 e. The van der Waals surface area contributed by atoms with Crippen LogP contribution in [0, 0.1) is 6.92 Å². The van der Waals surface area contributed by atoms with Gasteiger partial charge in [-0.2, -0.15) is 0 Å². The van der Waals surface area contributed by atoms with Gasteiger partial charge in [0.1, 0.15) is 4.88 Å². The van der Waals surface area contributed by atoms with Gasteiger partial charge in [0.25, 0.3) is 0 Å². The van der Waals surface area contributed by atoms with Gasteiger partial charge < -0.3 is 30.3 Å². The van der Waals surface area contributed by atoms with Crippen molar-refractivity contribution in [2.75, 3.05) is 26.1 Å². The number of ether oxygens (including phenoxy) is 2. The lowest BCUT2D eigenvalue weighted by Gasteiger charge is -2.14. The average molecular weight is 453 g/mol. The molecule has 0 saturated heterocycles. The first-order valence-corrected chi connectivity index (χ1v) is 10.3. The molecular weight excluding hydrogens is 424 g/mol. The number of amides is 1. The van der Waals surface area contributed by atoms with Gasteiger partial charge in [-0.05, 0) is 56.0 Å². The van der Waals surface area contributed by atoms with E-state index in [0.717, 1.165) is 18.5 Å². The minimum Gasteiger partial charge on any atom is -0.504 e. The van der Waals surface area contributed by atoms with Crippen molar-refractivity contribution in [3.8, 4) is 11.5 Å². The first-order valence-electron chi connectivity index (χ1n) is 9.47. The molecule has 2 aromatic rings. The summed E-state index contributed by atoms with van der Waals surface area (Å²) in [5.74, 6) is -1.53. The number of rotatable bonds is 8. The van der Waals surface area contributed by atoms with E-state index in [1.165, 1.54) is 43.8 Å². The van der Waals surface area contributed by atoms with Crippen LogP contribution in [0.25, 0.3) is 0 Å². The SMILES string of the molecule is CCCNC(C)C(=O)Nc1c(C)csc1C(=O)OC.COc1cc(C(=O)O)ccc1O. The first kappa shape index (κ1) is 25.9. The Hall–Kier alpha value is -3.11. The number of anilines is 1. The molecule has 1 heterocycles. The quantitative estimate of drug-likeness (QED) is 0.448. The van der Waals surface area contributed by atoms with Crippen molar-refractivity contribution in [1.82, 2.24) is 5.32 Å². The molecule has 2 rings (SSSR count). The molecule has 1 unspecified atom stereocenters. The van der Waals surface area contributed by atoms with Crippen LogP contribution in [0.4, 0.5) is 5.69 Å². The van der Waals surface area contributed by atoms with E-state index in [4.69, 9.17) is 19.7 Å². The largest absolute Gasteiger partial charge is 0.504 e. The van der Waals surface area contributed by atoms with Gasteiger partial charge in [0.05, 0.1) is 31.5 Å². The summed E-state index contributed by atoms with van der Waals surface area (Å²) in [6.07, 6.45) is 0.961. The molecule has 0 bridgehead atoms. The Kier molecular flexibility index (Phi) is 10.5. The van der Waals surface area contributed by atoms with E-state index in [1.807, 2.05) is 19.2 Å². The fourth-order valence-corrected chi connectivity index (χ4v) is 3.26. The summed E-state index contributed by atoms with van der Waals surface area (Å²) in [5, 5.41) is 25.4. The van der Waals surface area contributed by atoms with Gasteiger partial charge in [0.15, 0.2) is 11.5 Å². The second kappa shape index (κ2) is 12.6. The Morgan fingerprint density at radius 2 is 1.90 bits per heavy atom. The van der Waals surface area contributed by atoms with Gasteiger partial charge in [-0.1, -0.05) is 6.92 Å². The summed E-state index contributed by atoms with van der Waals surface area (Å²) in [6.45, 7) is 6.46. The predicted octanol–water partition coefficient (Wildman–Crippen LogP) is 3.27. The Balaban J connectivity index is 0.000000343. The molecular formula is C21H28N2O7S. The zero-order valence-corrected chi connectivity index (χ0v) is 19.0. The molecule has 0 aliphatic carbocycles. The number of carbonyl (C=O) groups excluding carboxylic acids is 2. The zero-order valence-electron chi connectivity index (χ0n) is 18.1. The second-order valence-electron chi connectivity index (χ2n) is 6.47. The molecule has 31 heavy (non-hydrogen) atoms. The van der Waals surface area contributed by atoms with Crippen molar-refractivity contribution >= 4 is 34.9 Å². The number of benzene rings is 1. The fourth-order valence-electron chi connectivity index (χ4n) is 2.34. The fraction of sp³-hybridized carbons (Fsp3) is 0.381. The molecule has 0 spiro atoms. The van der Waals surface area contributed by atoms with E-state index in [1.54, 1.807) is 6.92 Å². The number of thiophene rings is 1. The summed E-state index contributed by atoms with van der Waals surface area (Å²) in [5.41, 5.74) is 1.50. The normalized spacial score (nSPS) is 11.0. The number of carboxylic acids is 1. The summed E-state index contributed by atoms with van der Waals surface area (Å²) < 4.78 is 9.42. The maximum atomic E-state index is 12.0. The number of phenols is 1. The maximum absolute atomic E-state index is 12.0. The zero-order chi connectivity index (χ0) is 23.6. The van der Waals surface area contributed by atoms with E-state index < -0.39 is 11.9 Å². The number of esters is 1. The van der Waals surface area contributed by atoms with E-state index in [0.29, 0.717) is 10.6 Å². The maximum Gasteiger partial charge on any atom is 0.350 e. The lowest BCUT2D eigenvalue weighted by Crippen LogP contribution is -2.38. The van der Waals surface area contributed by atoms with E-state index in [9.17, 15) is 14.4 Å². The summed E-state index contributed by atoms with van der Waals surface area (Å²) in [7, 11) is 2.69. The topological polar surface area (TPSA) is 134 Å². The molecule has 4 N–H and O–H groups in total. The molecule has 1 amide bonds. The summed E-state index contributed by atoms with van der Waals surface area (Å²) in [4.78, 5) is 34.5. The number of methoxy groups -OCH3 is 2. The molecule has 1 aromatic heterocycles. The van der Waals surface area contributed by atoms with E-state index >= 15 is 0 Å². The Bertz CT molecular complexity index is 911. The van der Waals surface area contributed by atoms with Crippen LogP contribution >= 0.6 is 11.3 Å². The molecule has 9 nitrogen and oxygen atoms in total. The molecule has 10 heteroatoms. The predicted molar refractivity (Wildman–Crippen MR) is 118 cm³/mol. The van der Waals surface area contributed by atoms with E-state index in [-0.39, 0.29) is 29.0 Å². The third kappa shape index (κ3) is 7.58. The third-order valence-electron chi connectivity index (χ3n) is 4.11. The van der Waals surface area contributed by atoms with Crippen molar-refractivity contribution in [2.24, 2.45) is 0 Å². The number of carbonyl (C=O) groups is 3. The van der Waals surface area contributed by atoms with Gasteiger partial charge in [-0.3, -0.25) is 4.79 Å². The molecule has 0 radical (unpaired) electrons. The molecule has 170 valence electrons. The van der Waals surface area contributed by atoms with Crippen LogP contribution in [-0.2, 0) is 9.53 Å². The van der Waals surface area contributed by atoms with Crippen LogP contribution in [-0.4, -0.2) is 54.9 Å². The molecule has 1 atom stereocenters. The molecule has 0 fully saturated rings. The summed E-state index contributed by atoms with van der Waals surface area (Å²) in [6, 6.07) is 3.55. The van der Waals surface area contributed by atoms with Crippen LogP contribution in [0.5, 0.6) is 11.5 Å². The molecule has 0 aliphatic rings. The highest BCUT2D eigenvalue weighted by Gasteiger charge is 2.20. The Morgan fingerprint density at radius 3 is 2.45 bits per heavy atom. The van der Waals surface area contributed by atoms with Gasteiger partial charge in [-0.25, -0.2) is 9.59 Å². The lowest BCUT2D eigenvalue weighted by molar-refractivity contribution is -0.117. The van der Waals surface area contributed by atoms with Crippen molar-refractivity contribution in [3.05, 3.63) is 39.6 Å².